The van der Waals surface area contributed by atoms with Crippen LogP contribution >= 0.6 is 0 Å². The molecule has 1 heterocycles. The second-order valence-electron chi connectivity index (χ2n) is 5.90. The summed E-state index contributed by atoms with van der Waals surface area (Å²) in [6.07, 6.45) is 1.64. The number of fused-ring (bicyclic) bond motifs is 1. The molecule has 0 aliphatic heterocycles. The fourth-order valence-electron chi connectivity index (χ4n) is 2.70. The average molecular weight is 382 g/mol. The van der Waals surface area contributed by atoms with Gasteiger partial charge in [-0.2, -0.15) is 0 Å². The second-order valence-corrected chi connectivity index (χ2v) is 7.47. The van der Waals surface area contributed by atoms with E-state index >= 15 is 0 Å². The lowest BCUT2D eigenvalue weighted by atomic mass is 10.1. The third kappa shape index (κ3) is 4.57. The minimum atomic E-state index is -1.33. The van der Waals surface area contributed by atoms with Crippen LogP contribution in [0.3, 0.4) is 0 Å². The number of pyridine rings is 1. The zero-order valence-electron chi connectivity index (χ0n) is 14.4. The maximum Gasteiger partial charge on any atom is 0.326 e. The first kappa shape index (κ1) is 18.7. The maximum absolute atomic E-state index is 12.6. The van der Waals surface area contributed by atoms with Crippen molar-refractivity contribution in [1.82, 2.24) is 10.3 Å². The number of carboxylic acid groups (broad SMARTS) is 1. The van der Waals surface area contributed by atoms with Crippen molar-refractivity contribution in [3.63, 3.8) is 0 Å². The highest BCUT2D eigenvalue weighted by atomic mass is 32.2. The number of amides is 1. The van der Waals surface area contributed by atoms with E-state index in [1.165, 1.54) is 0 Å². The zero-order chi connectivity index (χ0) is 19.2. The number of nitrogens with one attached hydrogen (secondary N) is 1. The van der Waals surface area contributed by atoms with E-state index < -0.39 is 28.7 Å². The molecule has 3 rings (SSSR count). The van der Waals surface area contributed by atoms with Gasteiger partial charge in [0.25, 0.3) is 5.91 Å². The lowest BCUT2D eigenvalue weighted by molar-refractivity contribution is -0.139. The van der Waals surface area contributed by atoms with E-state index in [-0.39, 0.29) is 12.2 Å². The van der Waals surface area contributed by atoms with E-state index in [1.807, 2.05) is 18.2 Å². The fraction of sp³-hybridized carbons (Fsp3) is 0.150. The minimum absolute atomic E-state index is 0.0563. The van der Waals surface area contributed by atoms with Crippen molar-refractivity contribution < 1.29 is 18.9 Å². The van der Waals surface area contributed by atoms with Crippen LogP contribution in [0.1, 0.15) is 16.8 Å². The van der Waals surface area contributed by atoms with Gasteiger partial charge in [-0.1, -0.05) is 36.4 Å². The molecule has 0 radical (unpaired) electrons. The van der Waals surface area contributed by atoms with Gasteiger partial charge in [0.05, 0.1) is 21.9 Å². The standard InChI is InChI=1S/C20H18N2O4S/c23-19(16-10-4-6-14-7-5-12-21-18(14)16)22-17(20(24)25)11-13-27(26)15-8-2-1-3-9-15/h1-10,12,17H,11,13H2,(H,22,23)(H,24,25)/t17-,27-/m1/s1. The molecule has 0 bridgehead atoms. The summed E-state index contributed by atoms with van der Waals surface area (Å²) in [5.41, 5.74) is 0.818. The van der Waals surface area contributed by atoms with Crippen molar-refractivity contribution in [3.05, 3.63) is 72.4 Å². The molecule has 3 aromatic rings. The molecule has 0 spiro atoms. The summed E-state index contributed by atoms with van der Waals surface area (Å²) in [6.45, 7) is 0. The summed E-state index contributed by atoms with van der Waals surface area (Å²) >= 11 is 0. The predicted molar refractivity (Wildman–Crippen MR) is 103 cm³/mol. The molecule has 1 amide bonds. The van der Waals surface area contributed by atoms with Crippen LogP contribution < -0.4 is 5.32 Å². The minimum Gasteiger partial charge on any atom is -0.480 e. The number of carbonyl (C=O) groups excluding carboxylic acids is 1. The van der Waals surface area contributed by atoms with Crippen LogP contribution in [0, 0.1) is 0 Å². The summed E-state index contributed by atoms with van der Waals surface area (Å²) in [5, 5.41) is 12.7. The first-order valence-corrected chi connectivity index (χ1v) is 9.69. The van der Waals surface area contributed by atoms with Gasteiger partial charge < -0.3 is 10.4 Å². The van der Waals surface area contributed by atoms with Crippen LogP contribution in [0.2, 0.25) is 0 Å². The van der Waals surface area contributed by atoms with Crippen molar-refractivity contribution in [2.45, 2.75) is 17.4 Å². The van der Waals surface area contributed by atoms with Crippen LogP contribution in [0.5, 0.6) is 0 Å². The first-order chi connectivity index (χ1) is 13.1. The number of nitrogens with zero attached hydrogens (tertiary/aromatic N) is 1. The van der Waals surface area contributed by atoms with Crippen molar-refractivity contribution in [3.8, 4) is 0 Å². The average Bonchev–Trinajstić information content (AvgIpc) is 2.70. The Bertz CT molecular complexity index is 986. The molecule has 7 heteroatoms. The van der Waals surface area contributed by atoms with E-state index in [2.05, 4.69) is 10.3 Å². The normalized spacial score (nSPS) is 13.0. The number of hydrogen-bond donors (Lipinski definition) is 2. The molecule has 27 heavy (non-hydrogen) atoms. The highest BCUT2D eigenvalue weighted by Crippen LogP contribution is 2.16. The van der Waals surface area contributed by atoms with Gasteiger partial charge in [-0.15, -0.1) is 0 Å². The summed E-state index contributed by atoms with van der Waals surface area (Å²) in [4.78, 5) is 29.0. The van der Waals surface area contributed by atoms with Gasteiger partial charge in [0, 0.05) is 22.2 Å². The number of aliphatic carboxylic acids is 1. The SMILES string of the molecule is O=C(N[C@H](CC[S@@](=O)c1ccccc1)C(=O)O)c1cccc2cccnc12. The molecule has 2 atom stereocenters. The number of aromatic nitrogens is 1. The van der Waals surface area contributed by atoms with Gasteiger partial charge in [-0.3, -0.25) is 14.0 Å². The van der Waals surface area contributed by atoms with Gasteiger partial charge in [0.15, 0.2) is 0 Å². The Morgan fingerprint density at radius 2 is 1.78 bits per heavy atom. The van der Waals surface area contributed by atoms with Crippen LogP contribution in [0.25, 0.3) is 10.9 Å². The number of rotatable bonds is 7. The lowest BCUT2D eigenvalue weighted by Gasteiger charge is -2.15. The lowest BCUT2D eigenvalue weighted by Crippen LogP contribution is -2.41. The molecule has 1 aromatic heterocycles. The Hall–Kier alpha value is -3.06. The molecule has 0 aliphatic rings. The summed E-state index contributed by atoms with van der Waals surface area (Å²) in [7, 11) is -1.33. The van der Waals surface area contributed by atoms with Gasteiger partial charge in [-0.05, 0) is 30.7 Å². The van der Waals surface area contributed by atoms with Crippen molar-refractivity contribution >= 4 is 33.6 Å². The third-order valence-electron chi connectivity index (χ3n) is 4.08. The Labute approximate surface area is 158 Å². The molecule has 138 valence electrons. The Morgan fingerprint density at radius 1 is 1.04 bits per heavy atom. The number of carboxylic acids is 1. The van der Waals surface area contributed by atoms with Gasteiger partial charge >= 0.3 is 5.97 Å². The molecule has 0 saturated carbocycles. The zero-order valence-corrected chi connectivity index (χ0v) is 15.2. The number of benzene rings is 2. The fourth-order valence-corrected chi connectivity index (χ4v) is 3.84. The van der Waals surface area contributed by atoms with Gasteiger partial charge in [0.2, 0.25) is 0 Å². The molecular weight excluding hydrogens is 364 g/mol. The van der Waals surface area contributed by atoms with E-state index in [4.69, 9.17) is 0 Å². The predicted octanol–water partition coefficient (Wildman–Crippen LogP) is 2.62. The van der Waals surface area contributed by atoms with Crippen LogP contribution in [0.15, 0.2) is 71.8 Å². The molecule has 0 saturated heterocycles. The topological polar surface area (TPSA) is 96.4 Å². The van der Waals surface area contributed by atoms with Crippen molar-refractivity contribution in [2.75, 3.05) is 5.75 Å². The maximum atomic E-state index is 12.6. The molecule has 6 nitrogen and oxygen atoms in total. The molecule has 0 unspecified atom stereocenters. The van der Waals surface area contributed by atoms with E-state index in [0.29, 0.717) is 16.0 Å². The van der Waals surface area contributed by atoms with Gasteiger partial charge in [-0.25, -0.2) is 4.79 Å². The van der Waals surface area contributed by atoms with E-state index in [9.17, 15) is 18.9 Å². The van der Waals surface area contributed by atoms with E-state index in [0.717, 1.165) is 5.39 Å². The Balaban J connectivity index is 1.71. The smallest absolute Gasteiger partial charge is 0.326 e. The van der Waals surface area contributed by atoms with Crippen molar-refractivity contribution in [2.24, 2.45) is 0 Å². The highest BCUT2D eigenvalue weighted by Gasteiger charge is 2.22. The summed E-state index contributed by atoms with van der Waals surface area (Å²) in [6, 6.07) is 16.4. The van der Waals surface area contributed by atoms with Gasteiger partial charge in [0.1, 0.15) is 6.04 Å². The quantitative estimate of drug-likeness (QED) is 0.655. The molecule has 0 fully saturated rings. The monoisotopic (exact) mass is 382 g/mol. The first-order valence-electron chi connectivity index (χ1n) is 8.37. The van der Waals surface area contributed by atoms with Crippen molar-refractivity contribution in [1.29, 1.82) is 0 Å². The summed E-state index contributed by atoms with van der Waals surface area (Å²) < 4.78 is 12.3. The molecule has 0 aliphatic carbocycles. The summed E-state index contributed by atoms with van der Waals surface area (Å²) in [5.74, 6) is -1.55. The number of carbonyl (C=O) groups is 2. The van der Waals surface area contributed by atoms with Crippen LogP contribution in [-0.4, -0.2) is 38.0 Å². The second kappa shape index (κ2) is 8.55. The Morgan fingerprint density at radius 3 is 2.52 bits per heavy atom. The molecular formula is C20H18N2O4S. The molecule has 2 aromatic carbocycles. The number of para-hydroxylation sites is 1. The van der Waals surface area contributed by atoms with Crippen LogP contribution in [-0.2, 0) is 15.6 Å². The third-order valence-corrected chi connectivity index (χ3v) is 5.48. The Kier molecular flexibility index (Phi) is 5.93. The number of hydrogen-bond acceptors (Lipinski definition) is 4. The molecule has 2 N–H and O–H groups in total. The highest BCUT2D eigenvalue weighted by molar-refractivity contribution is 7.85. The van der Waals surface area contributed by atoms with Crippen LogP contribution in [0.4, 0.5) is 0 Å². The van der Waals surface area contributed by atoms with E-state index in [1.54, 1.807) is 48.7 Å². The largest absolute Gasteiger partial charge is 0.480 e.